The Labute approximate surface area is 205 Å². The van der Waals surface area contributed by atoms with Crippen LogP contribution in [0.4, 0.5) is 0 Å². The van der Waals surface area contributed by atoms with E-state index in [1.54, 1.807) is 6.26 Å². The van der Waals surface area contributed by atoms with Crippen molar-refractivity contribution in [2.24, 2.45) is 0 Å². The molecule has 0 N–H and O–H groups in total. The largest absolute Gasteiger partial charge is 0.467 e. The molecular formula is C28H31N3O2S. The zero-order chi connectivity index (χ0) is 24.5. The molecule has 0 radical (unpaired) electrons. The average molecular weight is 474 g/mol. The molecule has 0 amide bonds. The lowest BCUT2D eigenvalue weighted by Crippen LogP contribution is -2.11. The summed E-state index contributed by atoms with van der Waals surface area (Å²) in [5, 5.41) is 9.64. The van der Waals surface area contributed by atoms with Crippen LogP contribution in [0.2, 0.25) is 0 Å². The van der Waals surface area contributed by atoms with Crippen LogP contribution in [-0.2, 0) is 12.0 Å². The lowest BCUT2D eigenvalue weighted by Gasteiger charge is -2.19. The number of Topliss-reactive ketones (excluding diaryl/α,β-unsaturated/α-hetero) is 1. The van der Waals surface area contributed by atoms with Crippen molar-refractivity contribution in [2.45, 2.75) is 58.7 Å². The molecule has 0 aliphatic heterocycles. The van der Waals surface area contributed by atoms with Gasteiger partial charge in [-0.3, -0.25) is 9.36 Å². The van der Waals surface area contributed by atoms with E-state index in [-0.39, 0.29) is 11.2 Å². The van der Waals surface area contributed by atoms with Gasteiger partial charge in [-0.2, -0.15) is 0 Å². The highest BCUT2D eigenvalue weighted by Crippen LogP contribution is 2.29. The number of carbonyl (C=O) groups is 1. The molecule has 176 valence electrons. The number of benzene rings is 2. The van der Waals surface area contributed by atoms with Gasteiger partial charge in [-0.05, 0) is 55.0 Å². The van der Waals surface area contributed by atoms with Crippen molar-refractivity contribution in [3.8, 4) is 11.4 Å². The van der Waals surface area contributed by atoms with Crippen molar-refractivity contribution in [3.05, 3.63) is 88.4 Å². The van der Waals surface area contributed by atoms with Crippen molar-refractivity contribution in [3.63, 3.8) is 0 Å². The Morgan fingerprint density at radius 1 is 1.00 bits per heavy atom. The first-order valence-electron chi connectivity index (χ1n) is 11.4. The van der Waals surface area contributed by atoms with Gasteiger partial charge in [-0.25, -0.2) is 0 Å². The standard InChI is InChI=1S/C28H31N3O2S/c1-18-14-19(2)25(20(3)15-18)24(32)17-34-27-30-29-26(31(27)16-23-8-7-13-33-23)21-9-11-22(12-10-21)28(4,5)6/h7-15H,16-17H2,1-6H3. The third-order valence-corrected chi connectivity index (χ3v) is 6.88. The number of ketones is 1. The van der Waals surface area contributed by atoms with Gasteiger partial charge in [0.1, 0.15) is 5.76 Å². The monoisotopic (exact) mass is 473 g/mol. The summed E-state index contributed by atoms with van der Waals surface area (Å²) in [7, 11) is 0. The Morgan fingerprint density at radius 3 is 2.26 bits per heavy atom. The minimum Gasteiger partial charge on any atom is -0.467 e. The maximum atomic E-state index is 13.1. The average Bonchev–Trinajstić information content (AvgIpc) is 3.41. The van der Waals surface area contributed by atoms with Crippen molar-refractivity contribution in [2.75, 3.05) is 5.75 Å². The molecule has 0 spiro atoms. The van der Waals surface area contributed by atoms with E-state index in [1.807, 2.05) is 30.5 Å². The Bertz CT molecular complexity index is 1270. The summed E-state index contributed by atoms with van der Waals surface area (Å²) in [6, 6.07) is 16.4. The third-order valence-electron chi connectivity index (χ3n) is 5.91. The number of aryl methyl sites for hydroxylation is 3. The molecule has 0 fully saturated rings. The predicted molar refractivity (Wildman–Crippen MR) is 138 cm³/mol. The molecule has 0 atom stereocenters. The van der Waals surface area contributed by atoms with Crippen LogP contribution in [0.1, 0.15) is 59.1 Å². The van der Waals surface area contributed by atoms with Gasteiger partial charge < -0.3 is 4.42 Å². The predicted octanol–water partition coefficient (Wildman–Crippen LogP) is 6.78. The second kappa shape index (κ2) is 9.63. The Hall–Kier alpha value is -3.12. The molecule has 34 heavy (non-hydrogen) atoms. The van der Waals surface area contributed by atoms with Gasteiger partial charge in [0.25, 0.3) is 0 Å². The topological polar surface area (TPSA) is 60.9 Å². The van der Waals surface area contributed by atoms with Gasteiger partial charge in [0.05, 0.1) is 18.6 Å². The summed E-state index contributed by atoms with van der Waals surface area (Å²) in [6.45, 7) is 13.1. The smallest absolute Gasteiger partial charge is 0.192 e. The molecule has 0 bridgehead atoms. The normalized spacial score (nSPS) is 11.7. The number of aromatic nitrogens is 3. The van der Waals surface area contributed by atoms with E-state index in [0.717, 1.165) is 33.8 Å². The number of carbonyl (C=O) groups excluding carboxylic acids is 1. The molecule has 6 heteroatoms. The van der Waals surface area contributed by atoms with Gasteiger partial charge in [-0.15, -0.1) is 10.2 Å². The third kappa shape index (κ3) is 5.17. The van der Waals surface area contributed by atoms with Crippen molar-refractivity contribution >= 4 is 17.5 Å². The fourth-order valence-corrected chi connectivity index (χ4v) is 5.06. The molecule has 4 aromatic rings. The molecule has 5 nitrogen and oxygen atoms in total. The van der Waals surface area contributed by atoms with Gasteiger partial charge >= 0.3 is 0 Å². The minimum absolute atomic E-state index is 0.0774. The molecule has 0 saturated heterocycles. The number of rotatable bonds is 7. The maximum Gasteiger partial charge on any atom is 0.192 e. The second-order valence-electron chi connectivity index (χ2n) is 9.78. The molecule has 0 aliphatic rings. The summed E-state index contributed by atoms with van der Waals surface area (Å²) in [6.07, 6.45) is 1.66. The van der Waals surface area contributed by atoms with E-state index in [1.165, 1.54) is 22.9 Å². The van der Waals surface area contributed by atoms with E-state index in [2.05, 4.69) is 74.3 Å². The second-order valence-corrected chi connectivity index (χ2v) is 10.7. The molecule has 2 heterocycles. The van der Waals surface area contributed by atoms with Crippen LogP contribution in [0.5, 0.6) is 0 Å². The quantitative estimate of drug-likeness (QED) is 0.219. The van der Waals surface area contributed by atoms with E-state index < -0.39 is 0 Å². The van der Waals surface area contributed by atoms with E-state index >= 15 is 0 Å². The molecular weight excluding hydrogens is 442 g/mol. The van der Waals surface area contributed by atoms with E-state index in [4.69, 9.17) is 4.42 Å². The van der Waals surface area contributed by atoms with Crippen LogP contribution >= 0.6 is 11.8 Å². The Balaban J connectivity index is 1.63. The lowest BCUT2D eigenvalue weighted by atomic mass is 9.87. The summed E-state index contributed by atoms with van der Waals surface area (Å²) >= 11 is 1.41. The van der Waals surface area contributed by atoms with Gasteiger partial charge in [-0.1, -0.05) is 74.5 Å². The number of furan rings is 1. The highest BCUT2D eigenvalue weighted by atomic mass is 32.2. The van der Waals surface area contributed by atoms with Gasteiger partial charge in [0.15, 0.2) is 16.8 Å². The van der Waals surface area contributed by atoms with E-state index in [0.29, 0.717) is 17.5 Å². The molecule has 0 saturated carbocycles. The van der Waals surface area contributed by atoms with Gasteiger partial charge in [0.2, 0.25) is 0 Å². The lowest BCUT2D eigenvalue weighted by molar-refractivity contribution is 0.102. The highest BCUT2D eigenvalue weighted by molar-refractivity contribution is 7.99. The van der Waals surface area contributed by atoms with Crippen LogP contribution in [0, 0.1) is 20.8 Å². The fourth-order valence-electron chi connectivity index (χ4n) is 4.25. The Morgan fingerprint density at radius 2 is 1.68 bits per heavy atom. The zero-order valence-corrected chi connectivity index (χ0v) is 21.5. The SMILES string of the molecule is Cc1cc(C)c(C(=O)CSc2nnc(-c3ccc(C(C)(C)C)cc3)n2Cc2ccco2)c(C)c1. The first kappa shape index (κ1) is 24.0. The van der Waals surface area contributed by atoms with Crippen molar-refractivity contribution < 1.29 is 9.21 Å². The van der Waals surface area contributed by atoms with Crippen LogP contribution in [-0.4, -0.2) is 26.3 Å². The summed E-state index contributed by atoms with van der Waals surface area (Å²) in [5.74, 6) is 1.97. The first-order chi connectivity index (χ1) is 16.1. The van der Waals surface area contributed by atoms with Gasteiger partial charge in [0, 0.05) is 11.1 Å². The van der Waals surface area contributed by atoms with Crippen molar-refractivity contribution in [1.82, 2.24) is 14.8 Å². The fraction of sp³-hybridized carbons (Fsp3) is 0.321. The number of thioether (sulfide) groups is 1. The number of hydrogen-bond acceptors (Lipinski definition) is 5. The number of hydrogen-bond donors (Lipinski definition) is 0. The first-order valence-corrected chi connectivity index (χ1v) is 12.4. The molecule has 0 unspecified atom stereocenters. The molecule has 2 aromatic carbocycles. The Kier molecular flexibility index (Phi) is 6.80. The maximum absolute atomic E-state index is 13.1. The van der Waals surface area contributed by atoms with Crippen LogP contribution < -0.4 is 0 Å². The summed E-state index contributed by atoms with van der Waals surface area (Å²) in [5.41, 5.74) is 6.31. The van der Waals surface area contributed by atoms with E-state index in [9.17, 15) is 4.79 Å². The molecule has 0 aliphatic carbocycles. The van der Waals surface area contributed by atoms with Crippen LogP contribution in [0.3, 0.4) is 0 Å². The highest BCUT2D eigenvalue weighted by Gasteiger charge is 2.20. The van der Waals surface area contributed by atoms with Crippen molar-refractivity contribution in [1.29, 1.82) is 0 Å². The zero-order valence-electron chi connectivity index (χ0n) is 20.7. The number of nitrogens with zero attached hydrogens (tertiary/aromatic N) is 3. The summed E-state index contributed by atoms with van der Waals surface area (Å²) < 4.78 is 7.63. The minimum atomic E-state index is 0.0774. The van der Waals surface area contributed by atoms with Crippen LogP contribution in [0.25, 0.3) is 11.4 Å². The molecule has 2 aromatic heterocycles. The molecule has 4 rings (SSSR count). The van der Waals surface area contributed by atoms with Crippen LogP contribution in [0.15, 0.2) is 64.4 Å². The summed E-state index contributed by atoms with van der Waals surface area (Å²) in [4.78, 5) is 13.1.